The van der Waals surface area contributed by atoms with Gasteiger partial charge in [0.2, 0.25) is 5.91 Å². The van der Waals surface area contributed by atoms with Crippen molar-refractivity contribution in [2.75, 3.05) is 11.4 Å². The minimum absolute atomic E-state index is 0.0226. The fourth-order valence-electron chi connectivity index (χ4n) is 2.31. The van der Waals surface area contributed by atoms with Crippen molar-refractivity contribution in [3.8, 4) is 10.6 Å². The van der Waals surface area contributed by atoms with Gasteiger partial charge in [0, 0.05) is 34.8 Å². The summed E-state index contributed by atoms with van der Waals surface area (Å²) in [6.07, 6.45) is 0. The number of benzene rings is 1. The number of aromatic nitrogens is 2. The van der Waals surface area contributed by atoms with Crippen molar-refractivity contribution < 1.29 is 14.3 Å². The molecule has 6 nitrogen and oxygen atoms in total. The largest absolute Gasteiger partial charge is 0.454 e. The molecule has 0 unspecified atom stereocenters. The molecule has 1 aromatic carbocycles. The molecule has 3 aromatic rings. The zero-order valence-electron chi connectivity index (χ0n) is 14.6. The normalized spacial score (nSPS) is 10.6. The summed E-state index contributed by atoms with van der Waals surface area (Å²) in [4.78, 5) is 34.0. The van der Waals surface area contributed by atoms with Crippen molar-refractivity contribution in [1.29, 1.82) is 0 Å². The Morgan fingerprint density at radius 3 is 2.74 bits per heavy atom. The summed E-state index contributed by atoms with van der Waals surface area (Å²) < 4.78 is 5.29. The second kappa shape index (κ2) is 8.60. The molecule has 140 valence electrons. The number of carbonyl (C=O) groups is 2. The minimum atomic E-state index is -0.520. The Morgan fingerprint density at radius 1 is 1.22 bits per heavy atom. The fourth-order valence-corrected chi connectivity index (χ4v) is 4.21. The number of ether oxygens (including phenoxy) is 1. The molecule has 0 saturated carbocycles. The highest BCUT2D eigenvalue weighted by molar-refractivity contribution is 7.14. The minimum Gasteiger partial charge on any atom is -0.454 e. The van der Waals surface area contributed by atoms with Gasteiger partial charge in [0.1, 0.15) is 11.6 Å². The number of carbonyl (C=O) groups excluding carboxylic acids is 2. The summed E-state index contributed by atoms with van der Waals surface area (Å²) in [6, 6.07) is 7.28. The van der Waals surface area contributed by atoms with Crippen LogP contribution in [0.2, 0.25) is 5.02 Å². The van der Waals surface area contributed by atoms with Gasteiger partial charge < -0.3 is 4.74 Å². The maximum Gasteiger partial charge on any atom is 0.358 e. The summed E-state index contributed by atoms with van der Waals surface area (Å²) in [5.74, 6) is -0.598. The molecule has 3 rings (SSSR count). The van der Waals surface area contributed by atoms with E-state index in [4.69, 9.17) is 16.3 Å². The van der Waals surface area contributed by atoms with Crippen molar-refractivity contribution >= 4 is 51.3 Å². The lowest BCUT2D eigenvalue weighted by molar-refractivity contribution is -0.116. The van der Waals surface area contributed by atoms with Gasteiger partial charge in [-0.2, -0.15) is 0 Å². The fraction of sp³-hybridized carbons (Fsp3) is 0.222. The van der Waals surface area contributed by atoms with Crippen molar-refractivity contribution in [3.05, 3.63) is 51.4 Å². The van der Waals surface area contributed by atoms with Gasteiger partial charge in [-0.3, -0.25) is 9.69 Å². The molecule has 0 saturated heterocycles. The molecule has 0 N–H and O–H groups in total. The molecule has 0 aliphatic rings. The van der Waals surface area contributed by atoms with Crippen LogP contribution in [-0.2, 0) is 16.1 Å². The van der Waals surface area contributed by atoms with Crippen molar-refractivity contribution in [3.63, 3.8) is 0 Å². The molecule has 9 heteroatoms. The monoisotopic (exact) mass is 421 g/mol. The predicted molar refractivity (Wildman–Crippen MR) is 107 cm³/mol. The van der Waals surface area contributed by atoms with Gasteiger partial charge in [0.15, 0.2) is 10.8 Å². The van der Waals surface area contributed by atoms with Crippen LogP contribution in [-0.4, -0.2) is 28.4 Å². The average molecular weight is 422 g/mol. The van der Waals surface area contributed by atoms with Gasteiger partial charge in [0.25, 0.3) is 0 Å². The summed E-state index contributed by atoms with van der Waals surface area (Å²) >= 11 is 8.68. The number of anilines is 1. The van der Waals surface area contributed by atoms with Crippen LogP contribution in [0.4, 0.5) is 5.13 Å². The second-order valence-corrected chi connectivity index (χ2v) is 7.64. The standard InChI is InChI=1S/C18H16ClN3O3S2/c1-3-22(11(2)23)18-20-14(9-27-18)8-25-17(24)15-10-26-16(21-15)12-5-4-6-13(19)7-12/h4-7,9-10H,3,8H2,1-2H3. The zero-order chi connectivity index (χ0) is 19.4. The number of nitrogens with zero attached hydrogens (tertiary/aromatic N) is 3. The van der Waals surface area contributed by atoms with Gasteiger partial charge in [0.05, 0.1) is 5.69 Å². The summed E-state index contributed by atoms with van der Waals surface area (Å²) in [6.45, 7) is 3.93. The Bertz CT molecular complexity index is 970. The van der Waals surface area contributed by atoms with Crippen LogP contribution < -0.4 is 4.90 Å². The van der Waals surface area contributed by atoms with Crippen molar-refractivity contribution in [2.24, 2.45) is 0 Å². The Kier molecular flexibility index (Phi) is 6.20. The average Bonchev–Trinajstić information content (AvgIpc) is 3.30. The third-order valence-corrected chi connectivity index (χ3v) is 5.64. The lowest BCUT2D eigenvalue weighted by atomic mass is 10.2. The molecule has 2 aromatic heterocycles. The van der Waals surface area contributed by atoms with E-state index in [1.54, 1.807) is 27.8 Å². The first-order valence-electron chi connectivity index (χ1n) is 8.09. The molecule has 0 spiro atoms. The van der Waals surface area contributed by atoms with E-state index in [2.05, 4.69) is 9.97 Å². The third-order valence-electron chi connectivity index (χ3n) is 3.60. The van der Waals surface area contributed by atoms with Crippen molar-refractivity contribution in [2.45, 2.75) is 20.5 Å². The maximum atomic E-state index is 12.2. The van der Waals surface area contributed by atoms with Crippen LogP contribution in [0.15, 0.2) is 35.0 Å². The topological polar surface area (TPSA) is 72.4 Å². The Balaban J connectivity index is 1.63. The lowest BCUT2D eigenvalue weighted by Crippen LogP contribution is -2.27. The lowest BCUT2D eigenvalue weighted by Gasteiger charge is -2.14. The van der Waals surface area contributed by atoms with E-state index < -0.39 is 5.97 Å². The van der Waals surface area contributed by atoms with Crippen LogP contribution in [0.3, 0.4) is 0 Å². The van der Waals surface area contributed by atoms with E-state index in [1.165, 1.54) is 29.6 Å². The number of hydrogen-bond donors (Lipinski definition) is 0. The zero-order valence-corrected chi connectivity index (χ0v) is 17.0. The first-order valence-corrected chi connectivity index (χ1v) is 10.2. The number of esters is 1. The van der Waals surface area contributed by atoms with Crippen LogP contribution >= 0.6 is 34.3 Å². The van der Waals surface area contributed by atoms with Crippen LogP contribution in [0.1, 0.15) is 30.0 Å². The van der Waals surface area contributed by atoms with Gasteiger partial charge in [-0.05, 0) is 19.1 Å². The highest BCUT2D eigenvalue weighted by atomic mass is 35.5. The smallest absolute Gasteiger partial charge is 0.358 e. The molecular formula is C18H16ClN3O3S2. The van der Waals surface area contributed by atoms with E-state index >= 15 is 0 Å². The van der Waals surface area contributed by atoms with E-state index in [1.807, 2.05) is 19.1 Å². The quantitative estimate of drug-likeness (QED) is 0.541. The first kappa shape index (κ1) is 19.5. The van der Waals surface area contributed by atoms with Crippen molar-refractivity contribution in [1.82, 2.24) is 9.97 Å². The first-order chi connectivity index (χ1) is 13.0. The van der Waals surface area contributed by atoms with Crippen LogP contribution in [0.5, 0.6) is 0 Å². The number of thiazole rings is 2. The van der Waals surface area contributed by atoms with Gasteiger partial charge in [-0.25, -0.2) is 14.8 Å². The number of halogens is 1. The molecule has 0 aliphatic heterocycles. The van der Waals surface area contributed by atoms with E-state index in [-0.39, 0.29) is 18.2 Å². The van der Waals surface area contributed by atoms with Crippen LogP contribution in [0.25, 0.3) is 10.6 Å². The number of rotatable bonds is 6. The summed E-state index contributed by atoms with van der Waals surface area (Å²) in [5.41, 5.74) is 1.68. The highest BCUT2D eigenvalue weighted by Crippen LogP contribution is 2.26. The van der Waals surface area contributed by atoms with Gasteiger partial charge in [-0.15, -0.1) is 22.7 Å². The maximum absolute atomic E-state index is 12.2. The van der Waals surface area contributed by atoms with E-state index in [0.29, 0.717) is 27.4 Å². The molecular weight excluding hydrogens is 406 g/mol. The van der Waals surface area contributed by atoms with Crippen LogP contribution in [0, 0.1) is 0 Å². The molecule has 2 heterocycles. The Morgan fingerprint density at radius 2 is 2.04 bits per heavy atom. The number of amides is 1. The highest BCUT2D eigenvalue weighted by Gasteiger charge is 2.16. The Labute approximate surface area is 169 Å². The van der Waals surface area contributed by atoms with E-state index in [0.717, 1.165) is 5.56 Å². The molecule has 0 radical (unpaired) electrons. The molecule has 1 amide bonds. The molecule has 0 bridgehead atoms. The van der Waals surface area contributed by atoms with Gasteiger partial charge >= 0.3 is 5.97 Å². The molecule has 27 heavy (non-hydrogen) atoms. The SMILES string of the molecule is CCN(C(C)=O)c1nc(COC(=O)c2csc(-c3cccc(Cl)c3)n2)cs1. The number of hydrogen-bond acceptors (Lipinski definition) is 7. The van der Waals surface area contributed by atoms with E-state index in [9.17, 15) is 9.59 Å². The molecule has 0 atom stereocenters. The molecule has 0 fully saturated rings. The summed E-state index contributed by atoms with van der Waals surface area (Å²) in [7, 11) is 0. The summed E-state index contributed by atoms with van der Waals surface area (Å²) in [5, 5.41) is 5.32. The van der Waals surface area contributed by atoms with Gasteiger partial charge in [-0.1, -0.05) is 23.7 Å². The second-order valence-electron chi connectivity index (χ2n) is 5.51. The Hall–Kier alpha value is -2.29. The predicted octanol–water partition coefficient (Wildman–Crippen LogP) is 4.65. The third kappa shape index (κ3) is 4.71. The molecule has 0 aliphatic carbocycles.